The maximum atomic E-state index is 12.2. The van der Waals surface area contributed by atoms with Gasteiger partial charge in [0.05, 0.1) is 18.4 Å². The number of carbonyl (C=O) groups excluding carboxylic acids is 2. The Morgan fingerprint density at radius 3 is 2.29 bits per heavy atom. The number of benzene rings is 2. The van der Waals surface area contributed by atoms with Crippen LogP contribution in [0, 0.1) is 0 Å². The molecule has 0 saturated carbocycles. The number of nitrogens with one attached hydrogen (secondary N) is 1. The van der Waals surface area contributed by atoms with Crippen molar-refractivity contribution in [2.45, 2.75) is 0 Å². The second kappa shape index (κ2) is 6.56. The Morgan fingerprint density at radius 2 is 1.62 bits per heavy atom. The minimum absolute atomic E-state index is 0.315. The number of nitrogens with zero attached hydrogens (tertiary/aromatic N) is 1. The van der Waals surface area contributed by atoms with Gasteiger partial charge >= 0.3 is 12.0 Å². The summed E-state index contributed by atoms with van der Waals surface area (Å²) in [6.45, 7) is 0. The molecule has 0 bridgehead atoms. The summed E-state index contributed by atoms with van der Waals surface area (Å²) in [4.78, 5) is 25.4. The number of anilines is 2. The predicted molar refractivity (Wildman–Crippen MR) is 81.6 cm³/mol. The molecule has 0 aliphatic rings. The maximum absolute atomic E-state index is 12.2. The van der Waals surface area contributed by atoms with Crippen LogP contribution >= 0.6 is 0 Å². The summed E-state index contributed by atoms with van der Waals surface area (Å²) >= 11 is 0. The van der Waals surface area contributed by atoms with Crippen LogP contribution in [0.15, 0.2) is 54.6 Å². The van der Waals surface area contributed by atoms with Crippen molar-refractivity contribution < 1.29 is 14.3 Å². The summed E-state index contributed by atoms with van der Waals surface area (Å²) in [5, 5.41) is 2.71. The van der Waals surface area contributed by atoms with Crippen LogP contribution in [0.2, 0.25) is 0 Å². The van der Waals surface area contributed by atoms with Crippen molar-refractivity contribution in [3.05, 3.63) is 60.2 Å². The Hall–Kier alpha value is -2.82. The van der Waals surface area contributed by atoms with E-state index in [1.54, 1.807) is 31.3 Å². The van der Waals surface area contributed by atoms with Crippen LogP contribution in [0.1, 0.15) is 10.4 Å². The molecular formula is C16H16N2O3. The van der Waals surface area contributed by atoms with Gasteiger partial charge in [-0.1, -0.05) is 30.3 Å². The highest BCUT2D eigenvalue weighted by molar-refractivity contribution is 6.05. The van der Waals surface area contributed by atoms with Gasteiger partial charge in [0, 0.05) is 12.7 Å². The molecule has 0 atom stereocenters. The SMILES string of the molecule is COC(=O)c1ccccc1NC(=O)N(C)c1ccccc1. The fourth-order valence-electron chi connectivity index (χ4n) is 1.85. The van der Waals surface area contributed by atoms with E-state index >= 15 is 0 Å². The van der Waals surface area contributed by atoms with Crippen LogP contribution < -0.4 is 10.2 Å². The molecule has 5 heteroatoms. The lowest BCUT2D eigenvalue weighted by molar-refractivity contribution is 0.0602. The van der Waals surface area contributed by atoms with E-state index in [1.165, 1.54) is 12.0 Å². The zero-order valence-electron chi connectivity index (χ0n) is 11.9. The van der Waals surface area contributed by atoms with Crippen LogP contribution in [0.3, 0.4) is 0 Å². The molecule has 2 aromatic carbocycles. The highest BCUT2D eigenvalue weighted by Crippen LogP contribution is 2.18. The molecule has 0 aliphatic carbocycles. The van der Waals surface area contributed by atoms with Gasteiger partial charge in [-0.3, -0.25) is 4.90 Å². The first kappa shape index (κ1) is 14.6. The number of para-hydroxylation sites is 2. The molecule has 5 nitrogen and oxygen atoms in total. The first-order valence-corrected chi connectivity index (χ1v) is 6.40. The average Bonchev–Trinajstić information content (AvgIpc) is 2.54. The number of rotatable bonds is 3. The molecule has 0 fully saturated rings. The lowest BCUT2D eigenvalue weighted by Gasteiger charge is -2.19. The molecule has 0 aromatic heterocycles. The molecule has 0 spiro atoms. The van der Waals surface area contributed by atoms with Crippen molar-refractivity contribution in [3.63, 3.8) is 0 Å². The van der Waals surface area contributed by atoms with Gasteiger partial charge in [0.2, 0.25) is 0 Å². The van der Waals surface area contributed by atoms with Gasteiger partial charge in [0.25, 0.3) is 0 Å². The fraction of sp³-hybridized carbons (Fsp3) is 0.125. The Bertz CT molecular complexity index is 641. The largest absolute Gasteiger partial charge is 0.465 e. The Kier molecular flexibility index (Phi) is 4.56. The van der Waals surface area contributed by atoms with Gasteiger partial charge in [-0.15, -0.1) is 0 Å². The highest BCUT2D eigenvalue weighted by Gasteiger charge is 2.16. The first-order chi connectivity index (χ1) is 10.1. The van der Waals surface area contributed by atoms with Crippen molar-refractivity contribution >= 4 is 23.4 Å². The average molecular weight is 284 g/mol. The van der Waals surface area contributed by atoms with E-state index in [-0.39, 0.29) is 6.03 Å². The second-order valence-corrected chi connectivity index (χ2v) is 4.36. The van der Waals surface area contributed by atoms with E-state index in [0.29, 0.717) is 11.3 Å². The van der Waals surface area contributed by atoms with Crippen LogP contribution in [-0.2, 0) is 4.74 Å². The topological polar surface area (TPSA) is 58.6 Å². The van der Waals surface area contributed by atoms with Crippen molar-refractivity contribution in [3.8, 4) is 0 Å². The summed E-state index contributed by atoms with van der Waals surface area (Å²) in [5.74, 6) is -0.492. The monoisotopic (exact) mass is 284 g/mol. The molecule has 2 amide bonds. The Balaban J connectivity index is 2.19. The predicted octanol–water partition coefficient (Wildman–Crippen LogP) is 3.14. The minimum Gasteiger partial charge on any atom is -0.465 e. The molecule has 21 heavy (non-hydrogen) atoms. The standard InChI is InChI=1S/C16H16N2O3/c1-18(12-8-4-3-5-9-12)16(20)17-14-11-7-6-10-13(14)15(19)21-2/h3-11H,1-2H3,(H,17,20). The molecule has 0 radical (unpaired) electrons. The third-order valence-electron chi connectivity index (χ3n) is 3.02. The van der Waals surface area contributed by atoms with Crippen molar-refractivity contribution in [2.75, 3.05) is 24.4 Å². The van der Waals surface area contributed by atoms with E-state index in [9.17, 15) is 9.59 Å². The molecular weight excluding hydrogens is 268 g/mol. The summed E-state index contributed by atoms with van der Waals surface area (Å²) in [7, 11) is 2.96. The number of carbonyl (C=O) groups is 2. The smallest absolute Gasteiger partial charge is 0.339 e. The molecule has 0 aliphatic heterocycles. The van der Waals surface area contributed by atoms with Gasteiger partial charge in [-0.05, 0) is 24.3 Å². The summed E-state index contributed by atoms with van der Waals surface area (Å²) in [6.07, 6.45) is 0. The van der Waals surface area contributed by atoms with E-state index in [2.05, 4.69) is 5.32 Å². The number of esters is 1. The number of ether oxygens (including phenoxy) is 1. The van der Waals surface area contributed by atoms with Crippen LogP contribution in [0.25, 0.3) is 0 Å². The van der Waals surface area contributed by atoms with Gasteiger partial charge in [-0.25, -0.2) is 9.59 Å². The zero-order chi connectivity index (χ0) is 15.2. The number of amides is 2. The van der Waals surface area contributed by atoms with Gasteiger partial charge < -0.3 is 10.1 Å². The van der Waals surface area contributed by atoms with Crippen molar-refractivity contribution in [2.24, 2.45) is 0 Å². The van der Waals surface area contributed by atoms with Gasteiger partial charge in [0.15, 0.2) is 0 Å². The summed E-state index contributed by atoms with van der Waals surface area (Å²) < 4.78 is 4.70. The van der Waals surface area contributed by atoms with E-state index < -0.39 is 5.97 Å². The molecule has 2 aromatic rings. The quantitative estimate of drug-likeness (QED) is 0.881. The molecule has 108 valence electrons. The summed E-state index contributed by atoms with van der Waals surface area (Å²) in [5.41, 5.74) is 1.48. The lowest BCUT2D eigenvalue weighted by Crippen LogP contribution is -2.31. The van der Waals surface area contributed by atoms with E-state index in [1.807, 2.05) is 30.3 Å². The van der Waals surface area contributed by atoms with Crippen LogP contribution in [0.5, 0.6) is 0 Å². The molecule has 2 rings (SSSR count). The first-order valence-electron chi connectivity index (χ1n) is 6.40. The second-order valence-electron chi connectivity index (χ2n) is 4.36. The number of methoxy groups -OCH3 is 1. The van der Waals surface area contributed by atoms with Crippen LogP contribution in [0.4, 0.5) is 16.2 Å². The summed E-state index contributed by atoms with van der Waals surface area (Å²) in [6, 6.07) is 15.6. The third kappa shape index (κ3) is 3.39. The van der Waals surface area contributed by atoms with E-state index in [0.717, 1.165) is 5.69 Å². The van der Waals surface area contributed by atoms with E-state index in [4.69, 9.17) is 4.74 Å². The van der Waals surface area contributed by atoms with Crippen molar-refractivity contribution in [1.29, 1.82) is 0 Å². The zero-order valence-corrected chi connectivity index (χ0v) is 11.9. The highest BCUT2D eigenvalue weighted by atomic mass is 16.5. The molecule has 0 unspecified atom stereocenters. The molecule has 0 saturated heterocycles. The van der Waals surface area contributed by atoms with Crippen LogP contribution in [-0.4, -0.2) is 26.2 Å². The number of urea groups is 1. The Morgan fingerprint density at radius 1 is 1.00 bits per heavy atom. The number of hydrogen-bond donors (Lipinski definition) is 1. The molecule has 0 heterocycles. The normalized spacial score (nSPS) is 9.81. The molecule has 1 N–H and O–H groups in total. The fourth-order valence-corrected chi connectivity index (χ4v) is 1.85. The third-order valence-corrected chi connectivity index (χ3v) is 3.02. The number of hydrogen-bond acceptors (Lipinski definition) is 3. The van der Waals surface area contributed by atoms with Gasteiger partial charge in [-0.2, -0.15) is 0 Å². The Labute approximate surface area is 123 Å². The van der Waals surface area contributed by atoms with Gasteiger partial charge in [0.1, 0.15) is 0 Å². The lowest BCUT2D eigenvalue weighted by atomic mass is 10.2. The minimum atomic E-state index is -0.492. The maximum Gasteiger partial charge on any atom is 0.339 e. The van der Waals surface area contributed by atoms with Crippen molar-refractivity contribution in [1.82, 2.24) is 0 Å².